The van der Waals surface area contributed by atoms with Gasteiger partial charge in [-0.25, -0.2) is 0 Å². The van der Waals surface area contributed by atoms with E-state index in [1.165, 1.54) is 146 Å². The largest absolute Gasteiger partial charge is 0.0682 e. The molecule has 0 bridgehead atoms. The van der Waals surface area contributed by atoms with Crippen LogP contribution in [0.25, 0.3) is 10.8 Å². The van der Waals surface area contributed by atoms with Gasteiger partial charge in [0.25, 0.3) is 0 Å². The minimum atomic E-state index is -0.115. The van der Waals surface area contributed by atoms with Crippen molar-refractivity contribution >= 4 is 37.2 Å². The van der Waals surface area contributed by atoms with Crippen molar-refractivity contribution < 1.29 is 0 Å². The maximum absolute atomic E-state index is 2.71. The van der Waals surface area contributed by atoms with Crippen LogP contribution in [0.1, 0.15) is 156 Å². The van der Waals surface area contributed by atoms with Gasteiger partial charge in [-0.15, -0.1) is 0 Å². The minimum absolute atomic E-state index is 0.0884. The van der Waals surface area contributed by atoms with Gasteiger partial charge in [-0.2, -0.15) is 0 Å². The quantitative estimate of drug-likeness (QED) is 0.121. The summed E-state index contributed by atoms with van der Waals surface area (Å²) in [5, 5.41) is 8.22. The lowest BCUT2D eigenvalue weighted by Gasteiger charge is -2.42. The molecule has 0 saturated carbocycles. The zero-order chi connectivity index (χ0) is 28.3. The first-order valence-electron chi connectivity index (χ1n) is 17.7. The van der Waals surface area contributed by atoms with E-state index in [0.29, 0.717) is 10.3 Å². The molecule has 4 rings (SSSR count). The van der Waals surface area contributed by atoms with Crippen LogP contribution in [0, 0.1) is 0 Å². The maximum Gasteiger partial charge on any atom is -0.00538 e. The molecular weight excluding hydrogens is 518 g/mol. The van der Waals surface area contributed by atoms with Crippen LogP contribution in [0.3, 0.4) is 0 Å². The third-order valence-corrected chi connectivity index (χ3v) is 17.9. The first kappa shape index (κ1) is 32.5. The molecule has 0 N–H and O–H groups in total. The molecule has 2 aliphatic rings. The molecule has 2 atom stereocenters. The molecule has 2 aromatic carbocycles. The molecule has 0 amide bonds. The third kappa shape index (κ3) is 7.55. The van der Waals surface area contributed by atoms with Crippen molar-refractivity contribution in [1.29, 1.82) is 0 Å². The number of fused-ring (bicyclic) bond motifs is 1. The van der Waals surface area contributed by atoms with Gasteiger partial charge in [0.2, 0.25) is 0 Å². The van der Waals surface area contributed by atoms with Crippen LogP contribution in [0.4, 0.5) is 0 Å². The van der Waals surface area contributed by atoms with Gasteiger partial charge >= 0.3 is 0 Å². The van der Waals surface area contributed by atoms with Crippen molar-refractivity contribution in [3.63, 3.8) is 0 Å². The third-order valence-electron chi connectivity index (χ3n) is 10.6. The van der Waals surface area contributed by atoms with Gasteiger partial charge in [0, 0.05) is 0 Å². The van der Waals surface area contributed by atoms with Crippen LogP contribution in [-0.4, -0.2) is 22.6 Å². The molecular formula is C38H62P2. The highest BCUT2D eigenvalue weighted by molar-refractivity contribution is 7.74. The van der Waals surface area contributed by atoms with Crippen LogP contribution >= 0.6 is 15.8 Å². The molecule has 2 heteroatoms. The van der Waals surface area contributed by atoms with Gasteiger partial charge in [-0.3, -0.25) is 0 Å². The number of benzene rings is 2. The van der Waals surface area contributed by atoms with Gasteiger partial charge in [-0.1, -0.05) is 157 Å². The number of rotatable bonds is 18. The highest BCUT2D eigenvalue weighted by Gasteiger charge is 2.47. The van der Waals surface area contributed by atoms with E-state index in [1.54, 1.807) is 5.39 Å². The summed E-state index contributed by atoms with van der Waals surface area (Å²) in [6, 6.07) is 14.9. The van der Waals surface area contributed by atoms with Gasteiger partial charge in [0.05, 0.1) is 0 Å². The molecule has 224 valence electrons. The summed E-state index contributed by atoms with van der Waals surface area (Å²) in [6.07, 6.45) is 31.9. The lowest BCUT2D eigenvalue weighted by atomic mass is 9.90. The Kier molecular flexibility index (Phi) is 13.3. The fraction of sp³-hybridized carbons (Fsp3) is 0.737. The Morgan fingerprint density at radius 1 is 0.550 bits per heavy atom. The number of hydrogen-bond donors (Lipinski definition) is 0. The molecule has 0 spiro atoms. The molecule has 2 saturated heterocycles. The van der Waals surface area contributed by atoms with E-state index in [2.05, 4.69) is 64.1 Å². The first-order chi connectivity index (χ1) is 19.6. The Bertz CT molecular complexity index is 990. The Labute approximate surface area is 251 Å². The Balaban J connectivity index is 1.81. The van der Waals surface area contributed by atoms with Crippen LogP contribution in [0.5, 0.6) is 0 Å². The smallest absolute Gasteiger partial charge is 0.00538 e. The summed E-state index contributed by atoms with van der Waals surface area (Å²) < 4.78 is 0. The van der Waals surface area contributed by atoms with E-state index in [9.17, 15) is 0 Å². The second kappa shape index (κ2) is 16.4. The predicted octanol–water partition coefficient (Wildman–Crippen LogP) is 12.4. The van der Waals surface area contributed by atoms with Crippen molar-refractivity contribution in [3.05, 3.63) is 36.4 Å². The van der Waals surface area contributed by atoms with Crippen molar-refractivity contribution in [2.45, 2.75) is 166 Å². The molecule has 2 aliphatic heterocycles. The molecule has 0 aliphatic carbocycles. The van der Waals surface area contributed by atoms with E-state index in [4.69, 9.17) is 0 Å². The highest BCUT2D eigenvalue weighted by Crippen LogP contribution is 2.66. The van der Waals surface area contributed by atoms with E-state index in [1.807, 2.05) is 10.6 Å². The molecule has 0 radical (unpaired) electrons. The monoisotopic (exact) mass is 580 g/mol. The van der Waals surface area contributed by atoms with Crippen LogP contribution in [-0.2, 0) is 0 Å². The SMILES string of the molecule is CCCCCC1(CCCCC)CCCP1c1ccc2ccccc2c1P1CCCC1(CCCCC)CCCCC. The van der Waals surface area contributed by atoms with Crippen molar-refractivity contribution in [1.82, 2.24) is 0 Å². The average Bonchev–Trinajstić information content (AvgIpc) is 3.58. The molecule has 2 heterocycles. The van der Waals surface area contributed by atoms with Crippen molar-refractivity contribution in [2.75, 3.05) is 12.3 Å². The second-order valence-electron chi connectivity index (χ2n) is 13.4. The summed E-state index contributed by atoms with van der Waals surface area (Å²) in [4.78, 5) is 0. The van der Waals surface area contributed by atoms with Crippen LogP contribution < -0.4 is 10.6 Å². The average molecular weight is 581 g/mol. The fourth-order valence-corrected chi connectivity index (χ4v) is 16.6. The van der Waals surface area contributed by atoms with Gasteiger partial charge < -0.3 is 0 Å². The van der Waals surface area contributed by atoms with Crippen LogP contribution in [0.15, 0.2) is 36.4 Å². The normalized spacial score (nSPS) is 21.9. The van der Waals surface area contributed by atoms with Crippen molar-refractivity contribution in [3.8, 4) is 0 Å². The van der Waals surface area contributed by atoms with E-state index >= 15 is 0 Å². The molecule has 40 heavy (non-hydrogen) atoms. The lowest BCUT2D eigenvalue weighted by molar-refractivity contribution is 0.435. The second-order valence-corrected chi connectivity index (χ2v) is 18.9. The molecule has 2 aromatic rings. The van der Waals surface area contributed by atoms with Crippen molar-refractivity contribution in [2.24, 2.45) is 0 Å². The van der Waals surface area contributed by atoms with Gasteiger partial charge in [-0.05, 0) is 95.4 Å². The zero-order valence-electron chi connectivity index (χ0n) is 26.9. The Hall–Kier alpha value is -0.440. The minimum Gasteiger partial charge on any atom is -0.0682 e. The molecule has 0 nitrogen and oxygen atoms in total. The summed E-state index contributed by atoms with van der Waals surface area (Å²) in [7, 11) is -0.203. The van der Waals surface area contributed by atoms with E-state index < -0.39 is 0 Å². The fourth-order valence-electron chi connectivity index (χ4n) is 8.45. The summed E-state index contributed by atoms with van der Waals surface area (Å²) in [6.45, 7) is 9.57. The highest BCUT2D eigenvalue weighted by atomic mass is 31.1. The van der Waals surface area contributed by atoms with Crippen LogP contribution in [0.2, 0.25) is 0 Å². The zero-order valence-corrected chi connectivity index (χ0v) is 28.7. The maximum atomic E-state index is 2.71. The van der Waals surface area contributed by atoms with Gasteiger partial charge in [0.15, 0.2) is 0 Å². The molecule has 2 unspecified atom stereocenters. The standard InChI is InChI=1S/C38H62P2/c1-5-9-15-25-37(26-16-10-6-2)29-19-31-39(37)35-24-23-33-21-13-14-22-34(33)36(35)40-32-20-30-38(40,27-17-11-7-3)28-18-12-8-4/h13-14,21-24H,5-12,15-20,25-32H2,1-4H3. The van der Waals surface area contributed by atoms with E-state index in [-0.39, 0.29) is 15.8 Å². The summed E-state index contributed by atoms with van der Waals surface area (Å²) >= 11 is 0. The first-order valence-corrected chi connectivity index (χ1v) is 20.8. The number of unbranched alkanes of at least 4 members (excludes halogenated alkanes) is 8. The van der Waals surface area contributed by atoms with Gasteiger partial charge in [0.1, 0.15) is 0 Å². The predicted molar refractivity (Wildman–Crippen MR) is 187 cm³/mol. The molecule has 0 aromatic heterocycles. The molecule has 2 fully saturated rings. The topological polar surface area (TPSA) is 0 Å². The lowest BCUT2D eigenvalue weighted by Crippen LogP contribution is -2.37. The van der Waals surface area contributed by atoms with E-state index in [0.717, 1.165) is 0 Å². The Morgan fingerprint density at radius 3 is 1.55 bits per heavy atom. The Morgan fingerprint density at radius 2 is 1.02 bits per heavy atom. The summed E-state index contributed by atoms with van der Waals surface area (Å²) in [5.74, 6) is 0. The summed E-state index contributed by atoms with van der Waals surface area (Å²) in [5.41, 5.74) is 0. The number of hydrogen-bond acceptors (Lipinski definition) is 0.